The van der Waals surface area contributed by atoms with Crippen molar-refractivity contribution in [2.75, 3.05) is 20.8 Å². The molecule has 1 unspecified atom stereocenters. The molecule has 21 heavy (non-hydrogen) atoms. The van der Waals surface area contributed by atoms with E-state index in [2.05, 4.69) is 0 Å². The van der Waals surface area contributed by atoms with Crippen molar-refractivity contribution in [2.24, 2.45) is 0 Å². The summed E-state index contributed by atoms with van der Waals surface area (Å²) in [6, 6.07) is 12.8. The minimum absolute atomic E-state index is 0.597. The molecule has 0 radical (unpaired) electrons. The first-order valence-corrected chi connectivity index (χ1v) is 6.82. The van der Waals surface area contributed by atoms with Crippen LogP contribution in [0.2, 0.25) is 0 Å². The van der Waals surface area contributed by atoms with Gasteiger partial charge in [-0.15, -0.1) is 0 Å². The third-order valence-corrected chi connectivity index (χ3v) is 3.23. The van der Waals surface area contributed by atoms with Crippen LogP contribution in [-0.2, 0) is 0 Å². The van der Waals surface area contributed by atoms with Crippen LogP contribution in [0.15, 0.2) is 42.5 Å². The highest BCUT2D eigenvalue weighted by Gasteiger charge is 2.13. The van der Waals surface area contributed by atoms with Crippen molar-refractivity contribution in [2.45, 2.75) is 13.0 Å². The van der Waals surface area contributed by atoms with Crippen LogP contribution in [0, 0.1) is 0 Å². The summed E-state index contributed by atoms with van der Waals surface area (Å²) in [6.45, 7) is 2.56. The van der Waals surface area contributed by atoms with Gasteiger partial charge in [0.05, 0.1) is 20.8 Å². The number of hydrogen-bond donors (Lipinski definition) is 1. The maximum absolute atomic E-state index is 10.5. The van der Waals surface area contributed by atoms with Gasteiger partial charge in [-0.1, -0.05) is 18.2 Å². The highest BCUT2D eigenvalue weighted by molar-refractivity contribution is 5.45. The van der Waals surface area contributed by atoms with Gasteiger partial charge in [0.25, 0.3) is 0 Å². The number of methoxy groups -OCH3 is 2. The van der Waals surface area contributed by atoms with Crippen LogP contribution in [0.1, 0.15) is 24.2 Å². The van der Waals surface area contributed by atoms with Crippen LogP contribution in [0.25, 0.3) is 0 Å². The van der Waals surface area contributed by atoms with Gasteiger partial charge < -0.3 is 19.3 Å². The molecular weight excluding hydrogens is 268 g/mol. The second-order valence-electron chi connectivity index (χ2n) is 4.52. The summed E-state index contributed by atoms with van der Waals surface area (Å²) in [7, 11) is 3.16. The number of aliphatic hydroxyl groups excluding tert-OH is 1. The van der Waals surface area contributed by atoms with Crippen LogP contribution in [0.5, 0.6) is 17.2 Å². The molecule has 0 spiro atoms. The summed E-state index contributed by atoms with van der Waals surface area (Å²) in [5.74, 6) is 2.03. The quantitative estimate of drug-likeness (QED) is 0.887. The molecule has 1 atom stereocenters. The molecule has 0 fully saturated rings. The number of ether oxygens (including phenoxy) is 3. The predicted octanol–water partition coefficient (Wildman–Crippen LogP) is 3.18. The fourth-order valence-electron chi connectivity index (χ4n) is 2.13. The summed E-state index contributed by atoms with van der Waals surface area (Å²) in [5, 5.41) is 10.5. The molecule has 1 N–H and O–H groups in total. The maximum atomic E-state index is 10.5. The normalized spacial score (nSPS) is 11.8. The zero-order valence-electron chi connectivity index (χ0n) is 12.5. The summed E-state index contributed by atoms with van der Waals surface area (Å²) < 4.78 is 15.8. The fourth-order valence-corrected chi connectivity index (χ4v) is 2.13. The lowest BCUT2D eigenvalue weighted by atomic mass is 10.0. The Kier molecular flexibility index (Phi) is 5.06. The topological polar surface area (TPSA) is 47.9 Å². The van der Waals surface area contributed by atoms with Crippen LogP contribution in [-0.4, -0.2) is 25.9 Å². The van der Waals surface area contributed by atoms with E-state index in [0.29, 0.717) is 18.1 Å². The molecule has 0 aliphatic heterocycles. The third kappa shape index (κ3) is 3.47. The zero-order valence-corrected chi connectivity index (χ0v) is 12.5. The van der Waals surface area contributed by atoms with E-state index in [1.165, 1.54) is 0 Å². The molecule has 0 saturated heterocycles. The average molecular weight is 288 g/mol. The monoisotopic (exact) mass is 288 g/mol. The Bertz CT molecular complexity index is 578. The average Bonchev–Trinajstić information content (AvgIpc) is 2.54. The molecule has 112 valence electrons. The van der Waals surface area contributed by atoms with E-state index in [0.717, 1.165) is 16.9 Å². The Morgan fingerprint density at radius 3 is 2.10 bits per heavy atom. The van der Waals surface area contributed by atoms with E-state index < -0.39 is 6.10 Å². The van der Waals surface area contributed by atoms with Crippen molar-refractivity contribution in [1.82, 2.24) is 0 Å². The molecule has 4 heteroatoms. The van der Waals surface area contributed by atoms with Crippen molar-refractivity contribution >= 4 is 0 Å². The van der Waals surface area contributed by atoms with E-state index in [1.807, 2.05) is 37.3 Å². The first-order chi connectivity index (χ1) is 10.2. The van der Waals surface area contributed by atoms with Gasteiger partial charge in [0.1, 0.15) is 11.9 Å². The van der Waals surface area contributed by atoms with Gasteiger partial charge in [-0.3, -0.25) is 0 Å². The highest BCUT2D eigenvalue weighted by Crippen LogP contribution is 2.32. The van der Waals surface area contributed by atoms with Crippen molar-refractivity contribution in [3.05, 3.63) is 53.6 Å². The van der Waals surface area contributed by atoms with E-state index >= 15 is 0 Å². The lowest BCUT2D eigenvalue weighted by Crippen LogP contribution is -2.01. The van der Waals surface area contributed by atoms with Gasteiger partial charge in [-0.25, -0.2) is 0 Å². The third-order valence-electron chi connectivity index (χ3n) is 3.23. The summed E-state index contributed by atoms with van der Waals surface area (Å²) in [4.78, 5) is 0. The van der Waals surface area contributed by atoms with E-state index in [1.54, 1.807) is 26.4 Å². The Morgan fingerprint density at radius 2 is 1.52 bits per heavy atom. The molecular formula is C17H20O4. The fraction of sp³-hybridized carbons (Fsp3) is 0.294. The van der Waals surface area contributed by atoms with E-state index in [9.17, 15) is 5.11 Å². The van der Waals surface area contributed by atoms with Gasteiger partial charge in [0.15, 0.2) is 11.5 Å². The molecule has 2 aromatic rings. The molecule has 0 aliphatic rings. The number of hydrogen-bond acceptors (Lipinski definition) is 4. The van der Waals surface area contributed by atoms with Crippen molar-refractivity contribution < 1.29 is 19.3 Å². The van der Waals surface area contributed by atoms with Gasteiger partial charge in [0.2, 0.25) is 0 Å². The Labute approximate surface area is 124 Å². The van der Waals surface area contributed by atoms with Crippen LogP contribution < -0.4 is 14.2 Å². The Balaban J connectivity index is 2.24. The molecule has 0 bridgehead atoms. The number of aliphatic hydroxyl groups is 1. The van der Waals surface area contributed by atoms with Gasteiger partial charge in [0, 0.05) is 0 Å². The van der Waals surface area contributed by atoms with Crippen LogP contribution in [0.3, 0.4) is 0 Å². The molecule has 0 amide bonds. The van der Waals surface area contributed by atoms with Gasteiger partial charge in [-0.2, -0.15) is 0 Å². The van der Waals surface area contributed by atoms with Crippen LogP contribution >= 0.6 is 0 Å². The summed E-state index contributed by atoms with van der Waals surface area (Å²) in [6.07, 6.45) is -0.722. The second-order valence-corrected chi connectivity index (χ2v) is 4.52. The molecule has 0 aliphatic carbocycles. The minimum Gasteiger partial charge on any atom is -0.494 e. The Morgan fingerprint density at radius 1 is 0.905 bits per heavy atom. The van der Waals surface area contributed by atoms with Gasteiger partial charge in [-0.05, 0) is 42.3 Å². The standard InChI is InChI=1S/C17H20O4/c1-4-21-14-8-5-12(6-9-14)17(18)13-7-10-15(19-2)16(11-13)20-3/h5-11,17-18H,4H2,1-3H3. The first kappa shape index (κ1) is 15.2. The van der Waals surface area contributed by atoms with Crippen molar-refractivity contribution in [3.8, 4) is 17.2 Å². The predicted molar refractivity (Wildman–Crippen MR) is 81.2 cm³/mol. The van der Waals surface area contributed by atoms with E-state index in [4.69, 9.17) is 14.2 Å². The van der Waals surface area contributed by atoms with Crippen LogP contribution in [0.4, 0.5) is 0 Å². The lowest BCUT2D eigenvalue weighted by Gasteiger charge is -2.15. The van der Waals surface area contributed by atoms with Crippen molar-refractivity contribution in [3.63, 3.8) is 0 Å². The zero-order chi connectivity index (χ0) is 15.2. The molecule has 0 saturated carbocycles. The molecule has 4 nitrogen and oxygen atoms in total. The SMILES string of the molecule is CCOc1ccc(C(O)c2ccc(OC)c(OC)c2)cc1. The van der Waals surface area contributed by atoms with Gasteiger partial charge >= 0.3 is 0 Å². The Hall–Kier alpha value is -2.20. The second kappa shape index (κ2) is 6.99. The molecule has 2 rings (SSSR count). The molecule has 2 aromatic carbocycles. The number of rotatable bonds is 6. The summed E-state index contributed by atoms with van der Waals surface area (Å²) >= 11 is 0. The smallest absolute Gasteiger partial charge is 0.161 e. The maximum Gasteiger partial charge on any atom is 0.161 e. The highest BCUT2D eigenvalue weighted by atomic mass is 16.5. The van der Waals surface area contributed by atoms with Crippen molar-refractivity contribution in [1.29, 1.82) is 0 Å². The minimum atomic E-state index is -0.722. The summed E-state index contributed by atoms with van der Waals surface area (Å²) in [5.41, 5.74) is 1.54. The lowest BCUT2D eigenvalue weighted by molar-refractivity contribution is 0.219. The first-order valence-electron chi connectivity index (χ1n) is 6.82. The number of benzene rings is 2. The molecule has 0 heterocycles. The largest absolute Gasteiger partial charge is 0.494 e. The van der Waals surface area contributed by atoms with E-state index in [-0.39, 0.29) is 0 Å². The molecule has 0 aromatic heterocycles.